The molecule has 45 heavy (non-hydrogen) atoms. The second-order valence-electron chi connectivity index (χ2n) is 12.7. The number of anilines is 1. The summed E-state index contributed by atoms with van der Waals surface area (Å²) in [5.74, 6) is -0.613. The van der Waals surface area contributed by atoms with Crippen LogP contribution in [0, 0.1) is 0 Å². The monoisotopic (exact) mass is 615 g/mol. The van der Waals surface area contributed by atoms with Gasteiger partial charge in [-0.05, 0) is 67.1 Å². The zero-order valence-electron chi connectivity index (χ0n) is 26.7. The van der Waals surface area contributed by atoms with E-state index in [1.54, 1.807) is 27.9 Å². The summed E-state index contributed by atoms with van der Waals surface area (Å²) in [6.45, 7) is 9.27. The standard InChI is InChI=1S/C36H45N3O6/c1-36(2,3)45-34(41)32(22-25-14-16-26(17-15-25)39-20-19-38(23-33(39)40)18-9-21-43-4)37-35(42)44-24-31-29-12-7-5-10-27(29)28-11-6-8-13-30(28)31/h5-8,10-17,31-33,40H,9,18-24H2,1-4H3,(H,37,42)/t32-,33-/m0/s1. The highest BCUT2D eigenvalue weighted by atomic mass is 16.6. The Morgan fingerprint density at radius 1 is 0.956 bits per heavy atom. The molecule has 1 saturated heterocycles. The van der Waals surface area contributed by atoms with Crippen molar-refractivity contribution in [2.75, 3.05) is 51.4 Å². The first kappa shape index (κ1) is 32.5. The van der Waals surface area contributed by atoms with Gasteiger partial charge >= 0.3 is 12.1 Å². The van der Waals surface area contributed by atoms with Crippen LogP contribution in [0.1, 0.15) is 49.8 Å². The maximum atomic E-state index is 13.2. The predicted octanol–water partition coefficient (Wildman–Crippen LogP) is 4.96. The smallest absolute Gasteiger partial charge is 0.407 e. The van der Waals surface area contributed by atoms with Crippen molar-refractivity contribution >= 4 is 17.7 Å². The maximum absolute atomic E-state index is 13.2. The van der Waals surface area contributed by atoms with E-state index in [4.69, 9.17) is 14.2 Å². The minimum Gasteiger partial charge on any atom is -0.458 e. The largest absolute Gasteiger partial charge is 0.458 e. The molecule has 2 aliphatic rings. The van der Waals surface area contributed by atoms with Crippen LogP contribution in [0.3, 0.4) is 0 Å². The third-order valence-corrected chi connectivity index (χ3v) is 8.30. The predicted molar refractivity (Wildman–Crippen MR) is 174 cm³/mol. The number of fused-ring (bicyclic) bond motifs is 3. The Labute approximate surface area is 266 Å². The number of esters is 1. The molecule has 9 nitrogen and oxygen atoms in total. The van der Waals surface area contributed by atoms with E-state index in [9.17, 15) is 14.7 Å². The number of rotatable bonds is 11. The number of amides is 1. The lowest BCUT2D eigenvalue weighted by atomic mass is 9.98. The topological polar surface area (TPSA) is 101 Å². The third-order valence-electron chi connectivity index (χ3n) is 8.30. The average Bonchev–Trinajstić information content (AvgIpc) is 3.33. The number of carbonyl (C=O) groups is 2. The first-order valence-electron chi connectivity index (χ1n) is 15.7. The number of aliphatic hydroxyl groups excluding tert-OH is 1. The van der Waals surface area contributed by atoms with Crippen molar-refractivity contribution in [3.63, 3.8) is 0 Å². The van der Waals surface area contributed by atoms with Crippen molar-refractivity contribution in [3.8, 4) is 11.1 Å². The number of aliphatic hydroxyl groups is 1. The fourth-order valence-corrected chi connectivity index (χ4v) is 6.16. The van der Waals surface area contributed by atoms with E-state index in [0.29, 0.717) is 19.7 Å². The Morgan fingerprint density at radius 3 is 2.20 bits per heavy atom. The van der Waals surface area contributed by atoms with Gasteiger partial charge in [-0.15, -0.1) is 0 Å². The molecule has 9 heteroatoms. The number of carbonyl (C=O) groups excluding carboxylic acids is 2. The number of nitrogens with one attached hydrogen (secondary N) is 1. The maximum Gasteiger partial charge on any atom is 0.407 e. The van der Waals surface area contributed by atoms with Gasteiger partial charge in [0.2, 0.25) is 0 Å². The SMILES string of the molecule is COCCCN1CCN(c2ccc(C[C@H](NC(=O)OCC3c4ccccc4-c4ccccc43)C(=O)OC(C)(C)C)cc2)[C@@H](O)C1. The van der Waals surface area contributed by atoms with Gasteiger partial charge in [0.15, 0.2) is 0 Å². The summed E-state index contributed by atoms with van der Waals surface area (Å²) >= 11 is 0. The quantitative estimate of drug-likeness (QED) is 0.231. The van der Waals surface area contributed by atoms with Crippen molar-refractivity contribution in [1.82, 2.24) is 10.2 Å². The van der Waals surface area contributed by atoms with Crippen molar-refractivity contribution in [3.05, 3.63) is 89.5 Å². The molecule has 0 saturated carbocycles. The lowest BCUT2D eigenvalue weighted by Gasteiger charge is -2.40. The normalized spacial score (nSPS) is 17.4. The molecule has 0 spiro atoms. The summed E-state index contributed by atoms with van der Waals surface area (Å²) in [5.41, 5.74) is 5.56. The molecule has 0 radical (unpaired) electrons. The van der Waals surface area contributed by atoms with E-state index >= 15 is 0 Å². The Hall–Kier alpha value is -3.92. The van der Waals surface area contributed by atoms with Crippen molar-refractivity contribution < 1.29 is 28.9 Å². The number of methoxy groups -OCH3 is 1. The summed E-state index contributed by atoms with van der Waals surface area (Å²) in [4.78, 5) is 30.6. The van der Waals surface area contributed by atoms with Gasteiger partial charge in [0.05, 0.1) is 0 Å². The molecule has 2 atom stereocenters. The zero-order valence-corrected chi connectivity index (χ0v) is 26.7. The van der Waals surface area contributed by atoms with Gasteiger partial charge in [0.1, 0.15) is 24.5 Å². The van der Waals surface area contributed by atoms with Crippen LogP contribution in [0.2, 0.25) is 0 Å². The molecule has 0 unspecified atom stereocenters. The van der Waals surface area contributed by atoms with Crippen molar-refractivity contribution in [2.45, 2.75) is 57.4 Å². The van der Waals surface area contributed by atoms with E-state index in [2.05, 4.69) is 34.5 Å². The van der Waals surface area contributed by atoms with Crippen LogP contribution in [0.4, 0.5) is 10.5 Å². The second kappa shape index (κ2) is 14.5. The molecule has 1 aliphatic heterocycles. The van der Waals surface area contributed by atoms with Crippen LogP contribution >= 0.6 is 0 Å². The fourth-order valence-electron chi connectivity index (χ4n) is 6.16. The summed E-state index contributed by atoms with van der Waals surface area (Å²) < 4.78 is 16.5. The minimum absolute atomic E-state index is 0.0850. The van der Waals surface area contributed by atoms with Crippen LogP contribution in [-0.4, -0.2) is 86.4 Å². The molecule has 0 aromatic heterocycles. The first-order valence-corrected chi connectivity index (χ1v) is 15.7. The molecule has 5 rings (SSSR count). The summed E-state index contributed by atoms with van der Waals surface area (Å²) in [5, 5.41) is 13.6. The van der Waals surface area contributed by atoms with Crippen molar-refractivity contribution in [1.29, 1.82) is 0 Å². The number of hydrogen-bond donors (Lipinski definition) is 2. The van der Waals surface area contributed by atoms with E-state index in [-0.39, 0.29) is 18.9 Å². The molecule has 3 aromatic carbocycles. The summed E-state index contributed by atoms with van der Waals surface area (Å²) in [6.07, 6.45) is -0.122. The van der Waals surface area contributed by atoms with Crippen LogP contribution in [0.25, 0.3) is 11.1 Å². The average molecular weight is 616 g/mol. The van der Waals surface area contributed by atoms with E-state index in [1.807, 2.05) is 53.4 Å². The highest BCUT2D eigenvalue weighted by Gasteiger charge is 2.31. The number of hydrogen-bond acceptors (Lipinski definition) is 8. The molecule has 1 aliphatic carbocycles. The van der Waals surface area contributed by atoms with Gasteiger partial charge in [-0.25, -0.2) is 9.59 Å². The first-order chi connectivity index (χ1) is 21.6. The van der Waals surface area contributed by atoms with Crippen LogP contribution in [0.15, 0.2) is 72.8 Å². The molecule has 2 N–H and O–H groups in total. The van der Waals surface area contributed by atoms with E-state index < -0.39 is 29.9 Å². The van der Waals surface area contributed by atoms with E-state index in [1.165, 1.54) is 0 Å². The number of β-amino-alcohol motifs (C(OH)–C–C–N with tert-alkyl or cyclic N) is 1. The highest BCUT2D eigenvalue weighted by molar-refractivity contribution is 5.82. The van der Waals surface area contributed by atoms with Crippen LogP contribution in [0.5, 0.6) is 0 Å². The Balaban J connectivity index is 1.22. The lowest BCUT2D eigenvalue weighted by molar-refractivity contribution is -0.157. The molecular formula is C36H45N3O6. The molecule has 1 heterocycles. The fraction of sp³-hybridized carbons (Fsp3) is 0.444. The number of nitrogens with zero attached hydrogens (tertiary/aromatic N) is 2. The highest BCUT2D eigenvalue weighted by Crippen LogP contribution is 2.44. The molecule has 0 bridgehead atoms. The molecule has 3 aromatic rings. The molecular weight excluding hydrogens is 570 g/mol. The van der Waals surface area contributed by atoms with Gasteiger partial charge in [0, 0.05) is 57.9 Å². The van der Waals surface area contributed by atoms with Crippen LogP contribution in [-0.2, 0) is 25.4 Å². The lowest BCUT2D eigenvalue weighted by Crippen LogP contribution is -2.53. The molecule has 240 valence electrons. The molecule has 1 fully saturated rings. The number of alkyl carbamates (subject to hydrolysis) is 1. The van der Waals surface area contributed by atoms with Gasteiger partial charge in [0.25, 0.3) is 0 Å². The van der Waals surface area contributed by atoms with Gasteiger partial charge in [-0.2, -0.15) is 0 Å². The Kier molecular flexibility index (Phi) is 10.4. The third kappa shape index (κ3) is 8.22. The zero-order chi connectivity index (χ0) is 32.0. The summed E-state index contributed by atoms with van der Waals surface area (Å²) in [6, 6.07) is 23.1. The summed E-state index contributed by atoms with van der Waals surface area (Å²) in [7, 11) is 1.70. The Morgan fingerprint density at radius 2 is 1.60 bits per heavy atom. The van der Waals surface area contributed by atoms with Crippen molar-refractivity contribution in [2.24, 2.45) is 0 Å². The number of benzene rings is 3. The second-order valence-corrected chi connectivity index (χ2v) is 12.7. The number of ether oxygens (including phenoxy) is 3. The van der Waals surface area contributed by atoms with E-state index in [0.717, 1.165) is 53.0 Å². The minimum atomic E-state index is -0.938. The Bertz CT molecular complexity index is 1410. The van der Waals surface area contributed by atoms with Crippen LogP contribution < -0.4 is 10.2 Å². The molecule has 1 amide bonds. The van der Waals surface area contributed by atoms with Gasteiger partial charge in [-0.1, -0.05) is 60.7 Å². The van der Waals surface area contributed by atoms with Gasteiger partial charge < -0.3 is 29.5 Å². The number of piperazine rings is 1. The van der Waals surface area contributed by atoms with Gasteiger partial charge in [-0.3, -0.25) is 4.90 Å².